The maximum absolute atomic E-state index is 11.9. The molecule has 0 aliphatic carbocycles. The minimum atomic E-state index is -0.589. The molecule has 2 rings (SSSR count). The maximum Gasteiger partial charge on any atom is 0.270 e. The van der Waals surface area contributed by atoms with Gasteiger partial charge in [0.05, 0.1) is 35.3 Å². The summed E-state index contributed by atoms with van der Waals surface area (Å²) in [5, 5.41) is 25.3. The molecule has 1 aliphatic rings. The van der Waals surface area contributed by atoms with E-state index in [-0.39, 0.29) is 35.4 Å². The third-order valence-electron chi connectivity index (χ3n) is 3.03. The summed E-state index contributed by atoms with van der Waals surface area (Å²) in [5.74, 6) is -0.297. The average molecular weight is 290 g/mol. The Hall–Kier alpha value is -2.50. The largest absolute Gasteiger partial charge is 0.375 e. The molecule has 1 aliphatic heterocycles. The third-order valence-corrected chi connectivity index (χ3v) is 3.03. The molecule has 1 amide bonds. The lowest BCUT2D eigenvalue weighted by molar-refractivity contribution is -0.384. The molecular formula is C13H14N4O4. The summed E-state index contributed by atoms with van der Waals surface area (Å²) < 4.78 is 5.42. The van der Waals surface area contributed by atoms with E-state index < -0.39 is 4.92 Å². The Balaban J connectivity index is 2.03. The molecule has 8 nitrogen and oxygen atoms in total. The van der Waals surface area contributed by atoms with E-state index in [1.54, 1.807) is 0 Å². The Kier molecular flexibility index (Phi) is 4.81. The highest BCUT2D eigenvalue weighted by molar-refractivity contribution is 5.92. The maximum atomic E-state index is 11.9. The molecule has 0 bridgehead atoms. The number of carbonyl (C=O) groups is 1. The number of hydrogen-bond acceptors (Lipinski definition) is 6. The highest BCUT2D eigenvalue weighted by atomic mass is 16.6. The molecule has 2 N–H and O–H groups in total. The molecule has 1 heterocycles. The Labute approximate surface area is 120 Å². The van der Waals surface area contributed by atoms with Crippen LogP contribution in [0.25, 0.3) is 0 Å². The van der Waals surface area contributed by atoms with Crippen LogP contribution in [0.4, 0.5) is 11.4 Å². The molecule has 0 saturated carbocycles. The van der Waals surface area contributed by atoms with Gasteiger partial charge in [0.15, 0.2) is 0 Å². The summed E-state index contributed by atoms with van der Waals surface area (Å²) in [6.45, 7) is 1.91. The molecule has 1 saturated heterocycles. The number of nitro benzene ring substituents is 1. The molecule has 1 fully saturated rings. The van der Waals surface area contributed by atoms with Crippen LogP contribution >= 0.6 is 0 Å². The summed E-state index contributed by atoms with van der Waals surface area (Å²) in [5.41, 5.74) is 0.126. The first-order chi connectivity index (χ1) is 10.1. The van der Waals surface area contributed by atoms with E-state index in [4.69, 9.17) is 10.00 Å². The lowest BCUT2D eigenvalue weighted by Gasteiger charge is -2.23. The molecule has 0 aromatic heterocycles. The van der Waals surface area contributed by atoms with Crippen molar-refractivity contribution in [1.29, 1.82) is 5.26 Å². The quantitative estimate of drug-likeness (QED) is 0.625. The van der Waals surface area contributed by atoms with Crippen LogP contribution in [0.2, 0.25) is 0 Å². The van der Waals surface area contributed by atoms with Gasteiger partial charge in [0.1, 0.15) is 6.07 Å². The van der Waals surface area contributed by atoms with Crippen molar-refractivity contribution in [1.82, 2.24) is 5.32 Å². The topological polar surface area (TPSA) is 117 Å². The zero-order valence-corrected chi connectivity index (χ0v) is 11.2. The van der Waals surface area contributed by atoms with E-state index in [9.17, 15) is 14.9 Å². The predicted octanol–water partition coefficient (Wildman–Crippen LogP) is 0.783. The number of rotatable bonds is 4. The summed E-state index contributed by atoms with van der Waals surface area (Å²) in [6, 6.07) is 5.57. The number of anilines is 1. The number of hydrogen-bond donors (Lipinski definition) is 2. The van der Waals surface area contributed by atoms with E-state index in [2.05, 4.69) is 10.6 Å². The molecular weight excluding hydrogens is 276 g/mol. The van der Waals surface area contributed by atoms with E-state index in [1.807, 2.05) is 6.07 Å². The van der Waals surface area contributed by atoms with Crippen LogP contribution in [0, 0.1) is 21.4 Å². The van der Waals surface area contributed by atoms with E-state index >= 15 is 0 Å². The van der Waals surface area contributed by atoms with Gasteiger partial charge in [0.25, 0.3) is 5.69 Å². The fraction of sp³-hybridized carbons (Fsp3) is 0.385. The van der Waals surface area contributed by atoms with Gasteiger partial charge in [-0.05, 0) is 6.07 Å². The molecule has 1 atom stereocenters. The summed E-state index contributed by atoms with van der Waals surface area (Å²) in [7, 11) is 0. The van der Waals surface area contributed by atoms with Crippen molar-refractivity contribution < 1.29 is 14.5 Å². The standard InChI is InChI=1S/C13H14N4O4/c14-7-9-5-10(17(19)20)1-2-12(9)16-13(18)6-11-8-15-3-4-21-11/h1-2,5,11,15H,3-4,6,8H2,(H,16,18). The number of morpholine rings is 1. The molecule has 110 valence electrons. The smallest absolute Gasteiger partial charge is 0.270 e. The van der Waals surface area contributed by atoms with Gasteiger partial charge in [-0.3, -0.25) is 14.9 Å². The fourth-order valence-corrected chi connectivity index (χ4v) is 2.01. The molecule has 1 aromatic rings. The molecule has 0 spiro atoms. The lowest BCUT2D eigenvalue weighted by atomic mass is 10.1. The number of ether oxygens (including phenoxy) is 1. The van der Waals surface area contributed by atoms with Crippen LogP contribution in [0.15, 0.2) is 18.2 Å². The van der Waals surface area contributed by atoms with Gasteiger partial charge in [-0.1, -0.05) is 0 Å². The second-order valence-electron chi connectivity index (χ2n) is 4.55. The normalized spacial score (nSPS) is 17.8. The van der Waals surface area contributed by atoms with Crippen molar-refractivity contribution >= 4 is 17.3 Å². The number of nitro groups is 1. The number of amides is 1. The number of nitrogens with one attached hydrogen (secondary N) is 2. The first-order valence-corrected chi connectivity index (χ1v) is 6.41. The Morgan fingerprint density at radius 3 is 3.05 bits per heavy atom. The van der Waals surface area contributed by atoms with Crippen molar-refractivity contribution in [2.24, 2.45) is 0 Å². The van der Waals surface area contributed by atoms with Gasteiger partial charge in [-0.2, -0.15) is 5.26 Å². The third kappa shape index (κ3) is 3.98. The minimum absolute atomic E-state index is 0.0558. The van der Waals surface area contributed by atoms with Crippen LogP contribution in [-0.2, 0) is 9.53 Å². The highest BCUT2D eigenvalue weighted by Gasteiger charge is 2.18. The fourth-order valence-electron chi connectivity index (χ4n) is 2.01. The van der Waals surface area contributed by atoms with Gasteiger partial charge in [0, 0.05) is 25.2 Å². The average Bonchev–Trinajstić information content (AvgIpc) is 2.48. The number of benzene rings is 1. The van der Waals surface area contributed by atoms with Gasteiger partial charge in [-0.25, -0.2) is 0 Å². The number of nitriles is 1. The SMILES string of the molecule is N#Cc1cc([N+](=O)[O-])ccc1NC(=O)CC1CNCCO1. The second-order valence-corrected chi connectivity index (χ2v) is 4.55. The highest BCUT2D eigenvalue weighted by Crippen LogP contribution is 2.21. The van der Waals surface area contributed by atoms with Crippen LogP contribution in [0.1, 0.15) is 12.0 Å². The van der Waals surface area contributed by atoms with E-state index in [0.29, 0.717) is 13.2 Å². The van der Waals surface area contributed by atoms with Crippen molar-refractivity contribution in [2.75, 3.05) is 25.0 Å². The summed E-state index contributed by atoms with van der Waals surface area (Å²) >= 11 is 0. The van der Waals surface area contributed by atoms with Crippen LogP contribution in [0.5, 0.6) is 0 Å². The summed E-state index contributed by atoms with van der Waals surface area (Å²) in [4.78, 5) is 22.0. The summed E-state index contributed by atoms with van der Waals surface area (Å²) in [6.07, 6.45) is -0.0446. The van der Waals surface area contributed by atoms with Crippen molar-refractivity contribution in [3.8, 4) is 6.07 Å². The minimum Gasteiger partial charge on any atom is -0.375 e. The number of nitrogens with zero attached hydrogens (tertiary/aromatic N) is 2. The number of non-ortho nitro benzene ring substituents is 1. The van der Waals surface area contributed by atoms with Crippen molar-refractivity contribution in [3.05, 3.63) is 33.9 Å². The van der Waals surface area contributed by atoms with E-state index in [0.717, 1.165) is 12.6 Å². The zero-order valence-electron chi connectivity index (χ0n) is 11.2. The number of carbonyl (C=O) groups excluding carboxylic acids is 1. The monoisotopic (exact) mass is 290 g/mol. The van der Waals surface area contributed by atoms with Gasteiger partial charge >= 0.3 is 0 Å². The molecule has 1 unspecified atom stereocenters. The second kappa shape index (κ2) is 6.78. The molecule has 1 aromatic carbocycles. The van der Waals surface area contributed by atoms with Crippen LogP contribution in [0.3, 0.4) is 0 Å². The van der Waals surface area contributed by atoms with Crippen LogP contribution in [-0.4, -0.2) is 36.6 Å². The molecule has 8 heteroatoms. The predicted molar refractivity (Wildman–Crippen MR) is 73.7 cm³/mol. The van der Waals surface area contributed by atoms with Crippen molar-refractivity contribution in [3.63, 3.8) is 0 Å². The zero-order chi connectivity index (χ0) is 15.2. The Morgan fingerprint density at radius 2 is 2.43 bits per heavy atom. The van der Waals surface area contributed by atoms with Gasteiger partial charge < -0.3 is 15.4 Å². The first-order valence-electron chi connectivity index (χ1n) is 6.41. The Morgan fingerprint density at radius 1 is 1.62 bits per heavy atom. The van der Waals surface area contributed by atoms with E-state index in [1.165, 1.54) is 12.1 Å². The van der Waals surface area contributed by atoms with Gasteiger partial charge in [0.2, 0.25) is 5.91 Å². The van der Waals surface area contributed by atoms with Crippen LogP contribution < -0.4 is 10.6 Å². The lowest BCUT2D eigenvalue weighted by Crippen LogP contribution is -2.40. The van der Waals surface area contributed by atoms with Crippen molar-refractivity contribution in [2.45, 2.75) is 12.5 Å². The molecule has 0 radical (unpaired) electrons. The first kappa shape index (κ1) is 14.9. The van der Waals surface area contributed by atoms with Gasteiger partial charge in [-0.15, -0.1) is 0 Å². The Bertz CT molecular complexity index is 590. The molecule has 21 heavy (non-hydrogen) atoms.